The van der Waals surface area contributed by atoms with Gasteiger partial charge in [0.2, 0.25) is 0 Å². The third-order valence-electron chi connectivity index (χ3n) is 4.00. The zero-order valence-corrected chi connectivity index (χ0v) is 11.6. The number of aryl methyl sites for hydroxylation is 1. The van der Waals surface area contributed by atoms with Crippen LogP contribution >= 0.6 is 0 Å². The first-order valence-electron chi connectivity index (χ1n) is 7.13. The fourth-order valence-corrected chi connectivity index (χ4v) is 2.75. The summed E-state index contributed by atoms with van der Waals surface area (Å²) in [5.74, 6) is -0.0538. The molecule has 3 rings (SSSR count). The molecule has 1 aromatic carbocycles. The van der Waals surface area contributed by atoms with E-state index in [1.54, 1.807) is 0 Å². The predicted molar refractivity (Wildman–Crippen MR) is 75.8 cm³/mol. The van der Waals surface area contributed by atoms with Crippen LogP contribution < -0.4 is 5.73 Å². The van der Waals surface area contributed by atoms with Gasteiger partial charge in [-0.15, -0.1) is 0 Å². The van der Waals surface area contributed by atoms with Gasteiger partial charge in [0.1, 0.15) is 17.5 Å². The van der Waals surface area contributed by atoms with Gasteiger partial charge in [-0.05, 0) is 48.9 Å². The largest absolute Gasteiger partial charge is 0.330 e. The Labute approximate surface area is 122 Å². The van der Waals surface area contributed by atoms with Gasteiger partial charge in [-0.3, -0.25) is 0 Å². The highest BCUT2D eigenvalue weighted by Crippen LogP contribution is 2.23. The van der Waals surface area contributed by atoms with E-state index in [2.05, 4.69) is 9.97 Å². The Kier molecular flexibility index (Phi) is 3.92. The highest BCUT2D eigenvalue weighted by atomic mass is 19.1. The van der Waals surface area contributed by atoms with Crippen LogP contribution in [0.4, 0.5) is 8.78 Å². The Morgan fingerprint density at radius 2 is 2.14 bits per heavy atom. The van der Waals surface area contributed by atoms with Crippen LogP contribution in [0.3, 0.4) is 0 Å². The molecule has 1 aromatic heterocycles. The summed E-state index contributed by atoms with van der Waals surface area (Å²) in [6.07, 6.45) is 4.93. The average molecular weight is 289 g/mol. The van der Waals surface area contributed by atoms with E-state index in [1.165, 1.54) is 12.1 Å². The molecule has 1 aliphatic rings. The van der Waals surface area contributed by atoms with Crippen molar-refractivity contribution in [1.29, 1.82) is 0 Å². The van der Waals surface area contributed by atoms with Crippen molar-refractivity contribution < 1.29 is 8.78 Å². The van der Waals surface area contributed by atoms with Gasteiger partial charge in [0.25, 0.3) is 0 Å². The number of fused-ring (bicyclic) bond motifs is 1. The van der Waals surface area contributed by atoms with E-state index in [4.69, 9.17) is 5.73 Å². The Hall–Kier alpha value is -1.88. The molecule has 110 valence electrons. The lowest BCUT2D eigenvalue weighted by molar-refractivity contribution is 0.460. The van der Waals surface area contributed by atoms with Crippen LogP contribution in [0.5, 0.6) is 0 Å². The zero-order chi connectivity index (χ0) is 14.8. The van der Waals surface area contributed by atoms with Crippen LogP contribution in [-0.2, 0) is 19.3 Å². The molecule has 0 aliphatic heterocycles. The van der Waals surface area contributed by atoms with Gasteiger partial charge in [-0.1, -0.05) is 6.07 Å². The topological polar surface area (TPSA) is 51.8 Å². The summed E-state index contributed by atoms with van der Waals surface area (Å²) in [5.41, 5.74) is 8.29. The van der Waals surface area contributed by atoms with Crippen molar-refractivity contribution in [2.75, 3.05) is 6.54 Å². The van der Waals surface area contributed by atoms with Gasteiger partial charge in [0, 0.05) is 24.4 Å². The molecule has 2 N–H and O–H groups in total. The first-order valence-corrected chi connectivity index (χ1v) is 7.13. The molecule has 0 bridgehead atoms. The Morgan fingerprint density at radius 3 is 2.90 bits per heavy atom. The summed E-state index contributed by atoms with van der Waals surface area (Å²) in [6, 6.07) is 3.58. The normalized spacial score (nSPS) is 17.6. The molecule has 5 heteroatoms. The Bertz CT molecular complexity index is 658. The number of aromatic nitrogens is 2. The van der Waals surface area contributed by atoms with Gasteiger partial charge in [-0.25, -0.2) is 18.7 Å². The van der Waals surface area contributed by atoms with Crippen molar-refractivity contribution in [3.8, 4) is 0 Å². The number of benzene rings is 1. The smallest absolute Gasteiger partial charge is 0.133 e. The lowest BCUT2D eigenvalue weighted by atomic mass is 9.87. The molecule has 1 heterocycles. The van der Waals surface area contributed by atoms with E-state index >= 15 is 0 Å². The standard InChI is InChI=1S/C16H17F2N3/c17-13-3-2-11(14(18)7-13)6-16-20-9-12-5-10(8-19)1-4-15(12)21-16/h2-3,7,9-10H,1,4-6,8,19H2. The lowest BCUT2D eigenvalue weighted by Crippen LogP contribution is -2.23. The second-order valence-electron chi connectivity index (χ2n) is 5.52. The first-order chi connectivity index (χ1) is 10.2. The Balaban J connectivity index is 1.81. The molecule has 0 saturated heterocycles. The van der Waals surface area contributed by atoms with Crippen molar-refractivity contribution in [2.45, 2.75) is 25.7 Å². The quantitative estimate of drug-likeness (QED) is 0.944. The van der Waals surface area contributed by atoms with E-state index in [0.29, 0.717) is 23.9 Å². The van der Waals surface area contributed by atoms with Gasteiger partial charge in [0.15, 0.2) is 0 Å². The van der Waals surface area contributed by atoms with Crippen LogP contribution in [0.2, 0.25) is 0 Å². The van der Waals surface area contributed by atoms with Gasteiger partial charge in [-0.2, -0.15) is 0 Å². The van der Waals surface area contributed by atoms with Crippen LogP contribution in [0.1, 0.15) is 29.1 Å². The summed E-state index contributed by atoms with van der Waals surface area (Å²) in [6.45, 7) is 0.683. The summed E-state index contributed by atoms with van der Waals surface area (Å²) >= 11 is 0. The summed E-state index contributed by atoms with van der Waals surface area (Å²) < 4.78 is 26.6. The fraction of sp³-hybridized carbons (Fsp3) is 0.375. The monoisotopic (exact) mass is 289 g/mol. The van der Waals surface area contributed by atoms with Gasteiger partial charge < -0.3 is 5.73 Å². The minimum absolute atomic E-state index is 0.277. The molecule has 1 unspecified atom stereocenters. The van der Waals surface area contributed by atoms with Crippen molar-refractivity contribution in [2.24, 2.45) is 11.7 Å². The molecule has 0 spiro atoms. The van der Waals surface area contributed by atoms with E-state index < -0.39 is 11.6 Å². The van der Waals surface area contributed by atoms with Crippen molar-refractivity contribution in [1.82, 2.24) is 9.97 Å². The highest BCUT2D eigenvalue weighted by Gasteiger charge is 2.19. The molecule has 21 heavy (non-hydrogen) atoms. The molecule has 0 radical (unpaired) electrons. The van der Waals surface area contributed by atoms with Crippen LogP contribution in [0.15, 0.2) is 24.4 Å². The highest BCUT2D eigenvalue weighted by molar-refractivity contribution is 5.25. The molecule has 2 aromatic rings. The third kappa shape index (κ3) is 3.08. The SMILES string of the molecule is NCC1CCc2nc(Cc3ccc(F)cc3F)ncc2C1. The maximum atomic E-state index is 13.7. The second kappa shape index (κ2) is 5.85. The molecular formula is C16H17F2N3. The van der Waals surface area contributed by atoms with Crippen LogP contribution in [0.25, 0.3) is 0 Å². The molecule has 0 fully saturated rings. The molecule has 0 amide bonds. The number of rotatable bonds is 3. The van der Waals surface area contributed by atoms with Gasteiger partial charge in [0.05, 0.1) is 0 Å². The minimum Gasteiger partial charge on any atom is -0.330 e. The Morgan fingerprint density at radius 1 is 1.29 bits per heavy atom. The van der Waals surface area contributed by atoms with Crippen LogP contribution in [0, 0.1) is 17.6 Å². The second-order valence-corrected chi connectivity index (χ2v) is 5.52. The summed E-state index contributed by atoms with van der Waals surface area (Å²) in [7, 11) is 0. The third-order valence-corrected chi connectivity index (χ3v) is 4.00. The number of hydrogen-bond acceptors (Lipinski definition) is 3. The molecule has 1 aliphatic carbocycles. The number of nitrogens with zero attached hydrogens (tertiary/aromatic N) is 2. The number of nitrogens with two attached hydrogens (primary N) is 1. The molecule has 1 atom stereocenters. The lowest BCUT2D eigenvalue weighted by Gasteiger charge is -2.22. The first kappa shape index (κ1) is 14.1. The number of halogens is 2. The molecular weight excluding hydrogens is 272 g/mol. The maximum Gasteiger partial charge on any atom is 0.133 e. The van der Waals surface area contributed by atoms with Gasteiger partial charge >= 0.3 is 0 Å². The summed E-state index contributed by atoms with van der Waals surface area (Å²) in [5, 5.41) is 0. The molecule has 3 nitrogen and oxygen atoms in total. The van der Waals surface area contributed by atoms with E-state index in [1.807, 2.05) is 6.20 Å². The van der Waals surface area contributed by atoms with Crippen LogP contribution in [-0.4, -0.2) is 16.5 Å². The fourth-order valence-electron chi connectivity index (χ4n) is 2.75. The minimum atomic E-state index is -0.574. The van der Waals surface area contributed by atoms with Crippen molar-refractivity contribution >= 4 is 0 Å². The molecule has 0 saturated carbocycles. The maximum absolute atomic E-state index is 13.7. The predicted octanol–water partition coefficient (Wildman–Crippen LogP) is 2.41. The van der Waals surface area contributed by atoms with Crippen molar-refractivity contribution in [3.63, 3.8) is 0 Å². The summed E-state index contributed by atoms with van der Waals surface area (Å²) in [4.78, 5) is 8.84. The zero-order valence-electron chi connectivity index (χ0n) is 11.6. The van der Waals surface area contributed by atoms with E-state index in [0.717, 1.165) is 36.6 Å². The average Bonchev–Trinajstić information content (AvgIpc) is 2.49. The van der Waals surface area contributed by atoms with E-state index in [9.17, 15) is 8.78 Å². The van der Waals surface area contributed by atoms with E-state index in [-0.39, 0.29) is 6.42 Å². The van der Waals surface area contributed by atoms with Crippen molar-refractivity contribution in [3.05, 3.63) is 58.7 Å². The number of hydrogen-bond donors (Lipinski definition) is 1.